The van der Waals surface area contributed by atoms with Gasteiger partial charge >= 0.3 is 6.01 Å². The number of hydrogen-bond acceptors (Lipinski definition) is 3. The highest BCUT2D eigenvalue weighted by molar-refractivity contribution is 5.82. The van der Waals surface area contributed by atoms with Crippen molar-refractivity contribution in [1.29, 1.82) is 0 Å². The summed E-state index contributed by atoms with van der Waals surface area (Å²) in [6.45, 7) is 0. The molecule has 2 aromatic rings. The number of halogens is 2. The van der Waals surface area contributed by atoms with Crippen molar-refractivity contribution in [2.75, 3.05) is 7.11 Å². The molecule has 0 unspecified atom stereocenters. The van der Waals surface area contributed by atoms with Gasteiger partial charge in [-0.1, -0.05) is 0 Å². The second kappa shape index (κ2) is 3.61. The molecule has 1 aromatic carbocycles. The third kappa shape index (κ3) is 1.71. The Kier molecular flexibility index (Phi) is 2.21. The summed E-state index contributed by atoms with van der Waals surface area (Å²) in [4.78, 5) is 8.13. The SMILES string of the molecule is COc1nc(C2CC2)c2cc(F)cc(F)c2n1. The fourth-order valence-corrected chi connectivity index (χ4v) is 1.92. The lowest BCUT2D eigenvalue weighted by Crippen LogP contribution is -2.00. The first-order valence-electron chi connectivity index (χ1n) is 5.39. The number of fused-ring (bicyclic) bond motifs is 1. The van der Waals surface area contributed by atoms with Crippen molar-refractivity contribution < 1.29 is 13.5 Å². The fourth-order valence-electron chi connectivity index (χ4n) is 1.92. The summed E-state index contributed by atoms with van der Waals surface area (Å²) in [5, 5.41) is 0.450. The number of ether oxygens (including phenoxy) is 1. The average molecular weight is 236 g/mol. The van der Waals surface area contributed by atoms with Crippen LogP contribution < -0.4 is 4.74 Å². The predicted molar refractivity (Wildman–Crippen MR) is 58.0 cm³/mol. The summed E-state index contributed by atoms with van der Waals surface area (Å²) < 4.78 is 31.8. The van der Waals surface area contributed by atoms with Gasteiger partial charge in [-0.25, -0.2) is 8.78 Å². The lowest BCUT2D eigenvalue weighted by molar-refractivity contribution is 0.379. The van der Waals surface area contributed by atoms with Crippen LogP contribution in [-0.4, -0.2) is 17.1 Å². The van der Waals surface area contributed by atoms with E-state index in [2.05, 4.69) is 9.97 Å². The molecule has 1 aliphatic carbocycles. The van der Waals surface area contributed by atoms with Crippen molar-refractivity contribution in [3.05, 3.63) is 29.5 Å². The second-order valence-corrected chi connectivity index (χ2v) is 4.15. The third-order valence-corrected chi connectivity index (χ3v) is 2.87. The van der Waals surface area contributed by atoms with Crippen LogP contribution >= 0.6 is 0 Å². The first kappa shape index (κ1) is 10.4. The quantitative estimate of drug-likeness (QED) is 0.804. The number of aromatic nitrogens is 2. The summed E-state index contributed by atoms with van der Waals surface area (Å²) in [7, 11) is 1.43. The highest BCUT2D eigenvalue weighted by Crippen LogP contribution is 2.42. The minimum Gasteiger partial charge on any atom is -0.467 e. The number of benzene rings is 1. The first-order chi connectivity index (χ1) is 8.19. The molecule has 1 saturated carbocycles. The summed E-state index contributed by atoms with van der Waals surface area (Å²) in [6, 6.07) is 2.24. The summed E-state index contributed by atoms with van der Waals surface area (Å²) >= 11 is 0. The Hall–Kier alpha value is -1.78. The Bertz CT molecular complexity index is 597. The summed E-state index contributed by atoms with van der Waals surface area (Å²) in [5.41, 5.74) is 0.811. The van der Waals surface area contributed by atoms with Gasteiger partial charge in [0.1, 0.15) is 11.3 Å². The zero-order chi connectivity index (χ0) is 12.0. The van der Waals surface area contributed by atoms with Gasteiger partial charge in [-0.2, -0.15) is 9.97 Å². The maximum atomic E-state index is 13.6. The van der Waals surface area contributed by atoms with Crippen LogP contribution in [0.2, 0.25) is 0 Å². The maximum absolute atomic E-state index is 13.6. The van der Waals surface area contributed by atoms with E-state index in [1.54, 1.807) is 0 Å². The lowest BCUT2D eigenvalue weighted by Gasteiger charge is -2.07. The zero-order valence-electron chi connectivity index (χ0n) is 9.20. The molecular weight excluding hydrogens is 226 g/mol. The largest absolute Gasteiger partial charge is 0.467 e. The van der Waals surface area contributed by atoms with Gasteiger partial charge in [0, 0.05) is 17.4 Å². The molecule has 5 heteroatoms. The molecular formula is C12H10F2N2O. The molecule has 0 saturated heterocycles. The third-order valence-electron chi connectivity index (χ3n) is 2.87. The molecule has 17 heavy (non-hydrogen) atoms. The van der Waals surface area contributed by atoms with E-state index in [0.717, 1.165) is 18.9 Å². The molecule has 3 rings (SSSR count). The van der Waals surface area contributed by atoms with Gasteiger partial charge in [0.2, 0.25) is 0 Å². The normalized spacial score (nSPS) is 15.2. The Balaban J connectivity index is 2.35. The first-order valence-corrected chi connectivity index (χ1v) is 5.39. The van der Waals surface area contributed by atoms with E-state index >= 15 is 0 Å². The van der Waals surface area contributed by atoms with Crippen LogP contribution in [0, 0.1) is 11.6 Å². The number of hydrogen-bond donors (Lipinski definition) is 0. The van der Waals surface area contributed by atoms with Crippen molar-refractivity contribution in [1.82, 2.24) is 9.97 Å². The van der Waals surface area contributed by atoms with Crippen LogP contribution in [0.25, 0.3) is 10.9 Å². The highest BCUT2D eigenvalue weighted by atomic mass is 19.1. The second-order valence-electron chi connectivity index (χ2n) is 4.15. The minimum atomic E-state index is -0.678. The molecule has 1 fully saturated rings. The maximum Gasteiger partial charge on any atom is 0.317 e. The van der Waals surface area contributed by atoms with Gasteiger partial charge in [0.25, 0.3) is 0 Å². The highest BCUT2D eigenvalue weighted by Gasteiger charge is 2.29. The monoisotopic (exact) mass is 236 g/mol. The average Bonchev–Trinajstić information content (AvgIpc) is 3.12. The molecule has 0 amide bonds. The van der Waals surface area contributed by atoms with Crippen molar-refractivity contribution in [3.8, 4) is 6.01 Å². The van der Waals surface area contributed by atoms with Gasteiger partial charge in [-0.05, 0) is 18.9 Å². The van der Waals surface area contributed by atoms with Gasteiger partial charge in [-0.3, -0.25) is 0 Å². The van der Waals surface area contributed by atoms with Crippen molar-refractivity contribution in [2.24, 2.45) is 0 Å². The molecule has 0 N–H and O–H groups in total. The van der Waals surface area contributed by atoms with Crippen molar-refractivity contribution in [3.63, 3.8) is 0 Å². The van der Waals surface area contributed by atoms with Crippen LogP contribution in [0.5, 0.6) is 6.01 Å². The topological polar surface area (TPSA) is 35.0 Å². The van der Waals surface area contributed by atoms with Crippen LogP contribution in [-0.2, 0) is 0 Å². The molecule has 88 valence electrons. The van der Waals surface area contributed by atoms with Gasteiger partial charge < -0.3 is 4.74 Å². The summed E-state index contributed by atoms with van der Waals surface area (Å²) in [6.07, 6.45) is 1.99. The van der Waals surface area contributed by atoms with Gasteiger partial charge in [0.15, 0.2) is 5.82 Å². The van der Waals surface area contributed by atoms with E-state index in [0.29, 0.717) is 11.1 Å². The van der Waals surface area contributed by atoms with E-state index in [1.807, 2.05) is 0 Å². The van der Waals surface area contributed by atoms with Crippen molar-refractivity contribution in [2.45, 2.75) is 18.8 Å². The molecule has 0 spiro atoms. The van der Waals surface area contributed by atoms with E-state index in [9.17, 15) is 8.78 Å². The van der Waals surface area contributed by atoms with Crippen LogP contribution in [0.4, 0.5) is 8.78 Å². The molecule has 0 radical (unpaired) electrons. The molecule has 1 aromatic heterocycles. The van der Waals surface area contributed by atoms with Gasteiger partial charge in [0.05, 0.1) is 12.8 Å². The van der Waals surface area contributed by atoms with Crippen LogP contribution in [0.1, 0.15) is 24.5 Å². The fraction of sp³-hybridized carbons (Fsp3) is 0.333. The van der Waals surface area contributed by atoms with Crippen LogP contribution in [0.3, 0.4) is 0 Å². The smallest absolute Gasteiger partial charge is 0.317 e. The number of nitrogens with zero attached hydrogens (tertiary/aromatic N) is 2. The van der Waals surface area contributed by atoms with Gasteiger partial charge in [-0.15, -0.1) is 0 Å². The zero-order valence-corrected chi connectivity index (χ0v) is 9.20. The molecule has 3 nitrogen and oxygen atoms in total. The number of rotatable bonds is 2. The molecule has 0 bridgehead atoms. The van der Waals surface area contributed by atoms with Crippen molar-refractivity contribution >= 4 is 10.9 Å². The minimum absolute atomic E-state index is 0.125. The standard InChI is InChI=1S/C12H10F2N2O/c1-17-12-15-10(6-2-3-6)8-4-7(13)5-9(14)11(8)16-12/h4-6H,2-3H2,1H3. The lowest BCUT2D eigenvalue weighted by atomic mass is 10.1. The Morgan fingerprint density at radius 3 is 2.65 bits per heavy atom. The van der Waals surface area contributed by atoms with E-state index in [-0.39, 0.29) is 17.4 Å². The van der Waals surface area contributed by atoms with Crippen LogP contribution in [0.15, 0.2) is 12.1 Å². The Labute approximate surface area is 96.5 Å². The Morgan fingerprint density at radius 1 is 1.24 bits per heavy atom. The molecule has 1 aliphatic rings. The Morgan fingerprint density at radius 2 is 2.00 bits per heavy atom. The van der Waals surface area contributed by atoms with E-state index in [1.165, 1.54) is 13.2 Å². The molecule has 0 atom stereocenters. The number of methoxy groups -OCH3 is 1. The van der Waals surface area contributed by atoms with E-state index in [4.69, 9.17) is 4.74 Å². The molecule has 1 heterocycles. The molecule has 0 aliphatic heterocycles. The van der Waals surface area contributed by atoms with E-state index < -0.39 is 11.6 Å². The predicted octanol–water partition coefficient (Wildman–Crippen LogP) is 2.79. The summed E-state index contributed by atoms with van der Waals surface area (Å²) in [5.74, 6) is -1.01.